The molecule has 0 aliphatic rings. The number of methoxy groups -OCH3 is 1. The summed E-state index contributed by atoms with van der Waals surface area (Å²) in [5.74, 6) is 0.729. The topological polar surface area (TPSA) is 42.4 Å². The van der Waals surface area contributed by atoms with Crippen molar-refractivity contribution >= 4 is 5.91 Å². The van der Waals surface area contributed by atoms with Crippen molar-refractivity contribution < 1.29 is 9.53 Å². The Bertz CT molecular complexity index is 555. The van der Waals surface area contributed by atoms with Gasteiger partial charge in [-0.3, -0.25) is 9.78 Å². The standard InChI is InChI=1S/C15H16N2O2/c1-17(15(18)12-7-5-9-16-10-12)11-13-6-3-4-8-14(13)19-2/h3-10H,11H2,1-2H3. The SMILES string of the molecule is COc1ccccc1CN(C)C(=O)c1cccnc1. The Labute approximate surface area is 112 Å². The third-order valence-corrected chi connectivity index (χ3v) is 2.86. The van der Waals surface area contributed by atoms with Crippen molar-refractivity contribution in [3.05, 3.63) is 59.9 Å². The molecule has 0 unspecified atom stereocenters. The predicted molar refractivity (Wildman–Crippen MR) is 73.0 cm³/mol. The number of benzene rings is 1. The van der Waals surface area contributed by atoms with Crippen LogP contribution < -0.4 is 4.74 Å². The Hall–Kier alpha value is -2.36. The average Bonchev–Trinajstić information content (AvgIpc) is 2.48. The molecule has 1 heterocycles. The van der Waals surface area contributed by atoms with E-state index in [0.717, 1.165) is 11.3 Å². The minimum atomic E-state index is -0.0565. The molecule has 0 bridgehead atoms. The van der Waals surface area contributed by atoms with Gasteiger partial charge < -0.3 is 9.64 Å². The van der Waals surface area contributed by atoms with Crippen LogP contribution in [0.25, 0.3) is 0 Å². The van der Waals surface area contributed by atoms with Gasteiger partial charge in [-0.1, -0.05) is 18.2 Å². The second-order valence-corrected chi connectivity index (χ2v) is 4.21. The fourth-order valence-electron chi connectivity index (χ4n) is 1.87. The normalized spacial score (nSPS) is 10.0. The Morgan fingerprint density at radius 3 is 2.74 bits per heavy atom. The van der Waals surface area contributed by atoms with E-state index in [0.29, 0.717) is 12.1 Å². The van der Waals surface area contributed by atoms with Crippen molar-refractivity contribution in [2.24, 2.45) is 0 Å². The summed E-state index contributed by atoms with van der Waals surface area (Å²) in [6, 6.07) is 11.2. The van der Waals surface area contributed by atoms with E-state index >= 15 is 0 Å². The van der Waals surface area contributed by atoms with Crippen molar-refractivity contribution in [1.29, 1.82) is 0 Å². The summed E-state index contributed by atoms with van der Waals surface area (Å²) in [5.41, 5.74) is 1.56. The number of para-hydroxylation sites is 1. The molecule has 2 rings (SSSR count). The van der Waals surface area contributed by atoms with Crippen LogP contribution in [-0.4, -0.2) is 29.9 Å². The molecule has 1 amide bonds. The number of rotatable bonds is 4. The van der Waals surface area contributed by atoms with E-state index in [1.807, 2.05) is 24.3 Å². The lowest BCUT2D eigenvalue weighted by atomic mass is 10.1. The maximum atomic E-state index is 12.2. The van der Waals surface area contributed by atoms with Crippen molar-refractivity contribution in [2.45, 2.75) is 6.54 Å². The highest BCUT2D eigenvalue weighted by molar-refractivity contribution is 5.93. The van der Waals surface area contributed by atoms with E-state index < -0.39 is 0 Å². The molecular formula is C15H16N2O2. The summed E-state index contributed by atoms with van der Waals surface area (Å²) in [6.07, 6.45) is 3.22. The molecule has 0 spiro atoms. The van der Waals surface area contributed by atoms with Crippen LogP contribution in [0.1, 0.15) is 15.9 Å². The first-order chi connectivity index (χ1) is 9.22. The van der Waals surface area contributed by atoms with Crippen LogP contribution in [0.3, 0.4) is 0 Å². The lowest BCUT2D eigenvalue weighted by Crippen LogP contribution is -2.26. The van der Waals surface area contributed by atoms with Crippen LogP contribution in [0.15, 0.2) is 48.8 Å². The van der Waals surface area contributed by atoms with Gasteiger partial charge in [-0.05, 0) is 18.2 Å². The number of hydrogen-bond donors (Lipinski definition) is 0. The monoisotopic (exact) mass is 256 g/mol. The van der Waals surface area contributed by atoms with Crippen LogP contribution in [0.4, 0.5) is 0 Å². The second kappa shape index (κ2) is 6.00. The summed E-state index contributed by atoms with van der Waals surface area (Å²) < 4.78 is 5.28. The van der Waals surface area contributed by atoms with Gasteiger partial charge in [0.1, 0.15) is 5.75 Å². The number of carbonyl (C=O) groups is 1. The van der Waals surface area contributed by atoms with Crippen LogP contribution in [0.5, 0.6) is 5.75 Å². The molecule has 19 heavy (non-hydrogen) atoms. The van der Waals surface area contributed by atoms with Crippen LogP contribution >= 0.6 is 0 Å². The fraction of sp³-hybridized carbons (Fsp3) is 0.200. The highest BCUT2D eigenvalue weighted by Gasteiger charge is 2.13. The van der Waals surface area contributed by atoms with Gasteiger partial charge in [0.25, 0.3) is 5.91 Å². The lowest BCUT2D eigenvalue weighted by Gasteiger charge is -2.18. The zero-order chi connectivity index (χ0) is 13.7. The largest absolute Gasteiger partial charge is 0.496 e. The first-order valence-corrected chi connectivity index (χ1v) is 5.99. The minimum absolute atomic E-state index is 0.0565. The Balaban J connectivity index is 2.13. The van der Waals surface area contributed by atoms with Gasteiger partial charge in [-0.15, -0.1) is 0 Å². The number of aromatic nitrogens is 1. The summed E-state index contributed by atoms with van der Waals surface area (Å²) in [4.78, 5) is 17.8. The highest BCUT2D eigenvalue weighted by Crippen LogP contribution is 2.19. The summed E-state index contributed by atoms with van der Waals surface area (Å²) in [6.45, 7) is 0.498. The first-order valence-electron chi connectivity index (χ1n) is 5.99. The van der Waals surface area contributed by atoms with E-state index in [9.17, 15) is 4.79 Å². The van der Waals surface area contributed by atoms with Gasteiger partial charge in [0.05, 0.1) is 12.7 Å². The summed E-state index contributed by atoms with van der Waals surface area (Å²) in [7, 11) is 3.39. The lowest BCUT2D eigenvalue weighted by molar-refractivity contribution is 0.0784. The number of nitrogens with zero attached hydrogens (tertiary/aromatic N) is 2. The van der Waals surface area contributed by atoms with Crippen LogP contribution in [-0.2, 0) is 6.54 Å². The molecule has 0 saturated carbocycles. The Morgan fingerprint density at radius 2 is 2.05 bits per heavy atom. The molecule has 0 N–H and O–H groups in total. The molecule has 2 aromatic rings. The van der Waals surface area contributed by atoms with Gasteiger partial charge in [0.2, 0.25) is 0 Å². The summed E-state index contributed by atoms with van der Waals surface area (Å²) >= 11 is 0. The van der Waals surface area contributed by atoms with Gasteiger partial charge in [0.15, 0.2) is 0 Å². The summed E-state index contributed by atoms with van der Waals surface area (Å²) in [5, 5.41) is 0. The predicted octanol–water partition coefficient (Wildman–Crippen LogP) is 2.36. The number of pyridine rings is 1. The maximum Gasteiger partial charge on any atom is 0.255 e. The zero-order valence-corrected chi connectivity index (χ0v) is 11.0. The molecule has 0 aliphatic heterocycles. The molecule has 1 aromatic heterocycles. The molecular weight excluding hydrogens is 240 g/mol. The molecule has 0 radical (unpaired) electrons. The zero-order valence-electron chi connectivity index (χ0n) is 11.0. The van der Waals surface area contributed by atoms with Crippen molar-refractivity contribution in [3.63, 3.8) is 0 Å². The Kier molecular flexibility index (Phi) is 4.13. The van der Waals surface area contributed by atoms with Crippen molar-refractivity contribution in [3.8, 4) is 5.75 Å². The molecule has 4 heteroatoms. The molecule has 0 aliphatic carbocycles. The van der Waals surface area contributed by atoms with Gasteiger partial charge in [-0.25, -0.2) is 0 Å². The van der Waals surface area contributed by atoms with Crippen molar-refractivity contribution in [2.75, 3.05) is 14.2 Å². The minimum Gasteiger partial charge on any atom is -0.496 e. The molecule has 0 saturated heterocycles. The molecule has 1 aromatic carbocycles. The third-order valence-electron chi connectivity index (χ3n) is 2.86. The van der Waals surface area contributed by atoms with E-state index in [-0.39, 0.29) is 5.91 Å². The third kappa shape index (κ3) is 3.10. The number of amides is 1. The van der Waals surface area contributed by atoms with E-state index in [1.54, 1.807) is 43.6 Å². The molecule has 98 valence electrons. The smallest absolute Gasteiger partial charge is 0.255 e. The number of carbonyl (C=O) groups excluding carboxylic acids is 1. The molecule has 0 fully saturated rings. The fourth-order valence-corrected chi connectivity index (χ4v) is 1.87. The molecule has 4 nitrogen and oxygen atoms in total. The quantitative estimate of drug-likeness (QED) is 0.843. The Morgan fingerprint density at radius 1 is 1.26 bits per heavy atom. The van der Waals surface area contributed by atoms with Crippen LogP contribution in [0, 0.1) is 0 Å². The van der Waals surface area contributed by atoms with E-state index in [2.05, 4.69) is 4.98 Å². The number of hydrogen-bond acceptors (Lipinski definition) is 3. The average molecular weight is 256 g/mol. The van der Waals surface area contributed by atoms with Gasteiger partial charge in [-0.2, -0.15) is 0 Å². The highest BCUT2D eigenvalue weighted by atomic mass is 16.5. The number of ether oxygens (including phenoxy) is 1. The molecule has 0 atom stereocenters. The van der Waals surface area contributed by atoms with E-state index in [1.165, 1.54) is 0 Å². The maximum absolute atomic E-state index is 12.2. The first kappa shape index (κ1) is 13.1. The van der Waals surface area contributed by atoms with Crippen LogP contribution in [0.2, 0.25) is 0 Å². The van der Waals surface area contributed by atoms with E-state index in [4.69, 9.17) is 4.74 Å². The van der Waals surface area contributed by atoms with Gasteiger partial charge >= 0.3 is 0 Å². The van der Waals surface area contributed by atoms with Crippen molar-refractivity contribution in [1.82, 2.24) is 9.88 Å². The van der Waals surface area contributed by atoms with Gasteiger partial charge in [0, 0.05) is 31.5 Å². The second-order valence-electron chi connectivity index (χ2n) is 4.21.